The molecule has 3 nitrogen and oxygen atoms in total. The van der Waals surface area contributed by atoms with Crippen molar-refractivity contribution in [3.05, 3.63) is 68.7 Å². The fraction of sp³-hybridized carbons (Fsp3) is 0. The standard InChI is InChI=1S/C14H9ClN2OS/c15-9-6-7-11-12(8-9)16-14(19)17(13(11)18)10-4-2-1-3-5-10/h1-8H,(H,16,19). The summed E-state index contributed by atoms with van der Waals surface area (Å²) < 4.78 is 1.83. The van der Waals surface area contributed by atoms with Gasteiger partial charge in [-0.05, 0) is 42.5 Å². The van der Waals surface area contributed by atoms with Crippen LogP contribution < -0.4 is 5.56 Å². The summed E-state index contributed by atoms with van der Waals surface area (Å²) in [7, 11) is 0. The lowest BCUT2D eigenvalue weighted by Gasteiger charge is -2.07. The fourth-order valence-electron chi connectivity index (χ4n) is 2.00. The number of fused-ring (bicyclic) bond motifs is 1. The van der Waals surface area contributed by atoms with Crippen LogP contribution in [0.2, 0.25) is 5.02 Å². The van der Waals surface area contributed by atoms with Gasteiger partial charge in [-0.1, -0.05) is 29.8 Å². The Morgan fingerprint density at radius 3 is 2.58 bits per heavy atom. The average Bonchev–Trinajstić information content (AvgIpc) is 2.39. The molecule has 1 heterocycles. The van der Waals surface area contributed by atoms with Gasteiger partial charge in [0.15, 0.2) is 4.77 Å². The lowest BCUT2D eigenvalue weighted by Crippen LogP contribution is -2.20. The number of H-pyrrole nitrogens is 1. The largest absolute Gasteiger partial charge is 0.331 e. The van der Waals surface area contributed by atoms with E-state index in [9.17, 15) is 4.79 Å². The van der Waals surface area contributed by atoms with Crippen molar-refractivity contribution in [2.75, 3.05) is 0 Å². The van der Waals surface area contributed by atoms with Crippen LogP contribution in [0.15, 0.2) is 53.3 Å². The second-order valence-electron chi connectivity index (χ2n) is 4.10. The van der Waals surface area contributed by atoms with E-state index in [1.807, 2.05) is 30.3 Å². The number of benzene rings is 2. The van der Waals surface area contributed by atoms with Gasteiger partial charge in [-0.3, -0.25) is 9.36 Å². The smallest absolute Gasteiger partial charge is 0.266 e. The minimum absolute atomic E-state index is 0.151. The number of aromatic nitrogens is 2. The van der Waals surface area contributed by atoms with Crippen LogP contribution in [0.25, 0.3) is 16.6 Å². The molecule has 0 atom stereocenters. The van der Waals surface area contributed by atoms with Crippen LogP contribution in [0.4, 0.5) is 0 Å². The molecule has 0 fully saturated rings. The first-order valence-corrected chi connectivity index (χ1v) is 6.45. The van der Waals surface area contributed by atoms with Gasteiger partial charge in [0.05, 0.1) is 16.6 Å². The van der Waals surface area contributed by atoms with Gasteiger partial charge in [-0.15, -0.1) is 0 Å². The fourth-order valence-corrected chi connectivity index (χ4v) is 2.47. The van der Waals surface area contributed by atoms with Gasteiger partial charge in [-0.25, -0.2) is 0 Å². The van der Waals surface area contributed by atoms with Gasteiger partial charge in [0.2, 0.25) is 0 Å². The summed E-state index contributed by atoms with van der Waals surface area (Å²) in [6.45, 7) is 0. The molecule has 0 spiro atoms. The Morgan fingerprint density at radius 1 is 1.11 bits per heavy atom. The summed E-state index contributed by atoms with van der Waals surface area (Å²) in [5.74, 6) is 0. The summed E-state index contributed by atoms with van der Waals surface area (Å²) in [5.41, 5.74) is 1.24. The van der Waals surface area contributed by atoms with Gasteiger partial charge >= 0.3 is 0 Å². The van der Waals surface area contributed by atoms with Crippen molar-refractivity contribution in [3.63, 3.8) is 0 Å². The Balaban J connectivity index is 2.43. The normalized spacial score (nSPS) is 10.8. The lowest BCUT2D eigenvalue weighted by atomic mass is 10.2. The zero-order valence-corrected chi connectivity index (χ0v) is 11.3. The second kappa shape index (κ2) is 4.64. The summed E-state index contributed by atoms with van der Waals surface area (Å²) >= 11 is 11.2. The molecule has 1 aromatic heterocycles. The first-order valence-electron chi connectivity index (χ1n) is 5.67. The van der Waals surface area contributed by atoms with Crippen LogP contribution >= 0.6 is 23.8 Å². The molecule has 0 aliphatic heterocycles. The summed E-state index contributed by atoms with van der Waals surface area (Å²) in [4.78, 5) is 15.5. The van der Waals surface area contributed by atoms with Crippen LogP contribution in [-0.4, -0.2) is 9.55 Å². The Hall–Kier alpha value is -1.91. The molecule has 0 radical (unpaired) electrons. The molecule has 2 aromatic carbocycles. The molecular formula is C14H9ClN2OS. The quantitative estimate of drug-likeness (QED) is 0.693. The predicted molar refractivity (Wildman–Crippen MR) is 79.7 cm³/mol. The summed E-state index contributed by atoms with van der Waals surface area (Å²) in [6.07, 6.45) is 0. The molecule has 3 aromatic rings. The van der Waals surface area contributed by atoms with Crippen LogP contribution in [-0.2, 0) is 0 Å². The minimum Gasteiger partial charge on any atom is -0.331 e. The third-order valence-corrected chi connectivity index (χ3v) is 3.39. The van der Waals surface area contributed by atoms with E-state index in [2.05, 4.69) is 4.98 Å². The monoisotopic (exact) mass is 288 g/mol. The highest BCUT2D eigenvalue weighted by atomic mass is 35.5. The molecule has 19 heavy (non-hydrogen) atoms. The Kier molecular flexibility index (Phi) is 2.97. The van der Waals surface area contributed by atoms with Gasteiger partial charge < -0.3 is 4.98 Å². The number of aromatic amines is 1. The van der Waals surface area contributed by atoms with Crippen molar-refractivity contribution in [2.45, 2.75) is 0 Å². The van der Waals surface area contributed by atoms with Gasteiger partial charge in [-0.2, -0.15) is 0 Å². The summed E-state index contributed by atoms with van der Waals surface area (Å²) in [6, 6.07) is 14.4. The van der Waals surface area contributed by atoms with E-state index in [0.717, 1.165) is 5.69 Å². The lowest BCUT2D eigenvalue weighted by molar-refractivity contribution is 0.940. The highest BCUT2D eigenvalue weighted by Gasteiger charge is 2.07. The van der Waals surface area contributed by atoms with Gasteiger partial charge in [0.25, 0.3) is 5.56 Å². The van der Waals surface area contributed by atoms with E-state index in [1.165, 1.54) is 4.57 Å². The molecule has 3 rings (SSSR count). The number of para-hydroxylation sites is 1. The van der Waals surface area contributed by atoms with Crippen molar-refractivity contribution in [2.24, 2.45) is 0 Å². The molecule has 0 bridgehead atoms. The topological polar surface area (TPSA) is 37.8 Å². The van der Waals surface area contributed by atoms with Crippen molar-refractivity contribution >= 4 is 34.7 Å². The molecule has 0 saturated carbocycles. The predicted octanol–water partition coefficient (Wildman–Crippen LogP) is 3.70. The molecule has 0 aliphatic carbocycles. The molecular weight excluding hydrogens is 280 g/mol. The minimum atomic E-state index is -0.151. The van der Waals surface area contributed by atoms with Crippen LogP contribution in [0.1, 0.15) is 0 Å². The molecule has 0 amide bonds. The van der Waals surface area contributed by atoms with Crippen LogP contribution in [0, 0.1) is 4.77 Å². The highest BCUT2D eigenvalue weighted by Crippen LogP contribution is 2.15. The van der Waals surface area contributed by atoms with Crippen molar-refractivity contribution in [1.82, 2.24) is 9.55 Å². The van der Waals surface area contributed by atoms with Crippen molar-refractivity contribution in [3.8, 4) is 5.69 Å². The zero-order valence-electron chi connectivity index (χ0n) is 9.76. The van der Waals surface area contributed by atoms with Crippen molar-refractivity contribution < 1.29 is 0 Å². The van der Waals surface area contributed by atoms with E-state index >= 15 is 0 Å². The number of nitrogens with one attached hydrogen (secondary N) is 1. The SMILES string of the molecule is O=c1c2ccc(Cl)cc2[nH]c(=S)n1-c1ccccc1. The first-order chi connectivity index (χ1) is 9.16. The van der Waals surface area contributed by atoms with Gasteiger partial charge in [0, 0.05) is 5.02 Å². The number of rotatable bonds is 1. The average molecular weight is 289 g/mol. The third kappa shape index (κ3) is 2.09. The highest BCUT2D eigenvalue weighted by molar-refractivity contribution is 7.71. The number of hydrogen-bond acceptors (Lipinski definition) is 2. The van der Waals surface area contributed by atoms with E-state index in [-0.39, 0.29) is 5.56 Å². The van der Waals surface area contributed by atoms with E-state index < -0.39 is 0 Å². The zero-order chi connectivity index (χ0) is 13.4. The van der Waals surface area contributed by atoms with E-state index in [4.69, 9.17) is 23.8 Å². The Bertz CT molecular complexity index is 868. The number of halogens is 1. The maximum absolute atomic E-state index is 12.5. The molecule has 0 saturated heterocycles. The maximum atomic E-state index is 12.5. The van der Waals surface area contributed by atoms with Crippen molar-refractivity contribution in [1.29, 1.82) is 0 Å². The Morgan fingerprint density at radius 2 is 1.84 bits per heavy atom. The van der Waals surface area contributed by atoms with Crippen LogP contribution in [0.3, 0.4) is 0 Å². The van der Waals surface area contributed by atoms with E-state index in [0.29, 0.717) is 20.7 Å². The second-order valence-corrected chi connectivity index (χ2v) is 4.92. The molecule has 94 valence electrons. The number of hydrogen-bond donors (Lipinski definition) is 1. The molecule has 5 heteroatoms. The van der Waals surface area contributed by atoms with Crippen LogP contribution in [0.5, 0.6) is 0 Å². The number of nitrogens with zero attached hydrogens (tertiary/aromatic N) is 1. The summed E-state index contributed by atoms with van der Waals surface area (Å²) in [5, 5.41) is 1.12. The maximum Gasteiger partial charge on any atom is 0.266 e. The van der Waals surface area contributed by atoms with Gasteiger partial charge in [0.1, 0.15) is 0 Å². The first kappa shape index (κ1) is 12.1. The molecule has 0 aliphatic rings. The Labute approximate surface area is 119 Å². The molecule has 0 unspecified atom stereocenters. The third-order valence-electron chi connectivity index (χ3n) is 2.87. The molecule has 1 N–H and O–H groups in total. The van der Waals surface area contributed by atoms with E-state index in [1.54, 1.807) is 18.2 Å².